The molecular weight excluding hydrogens is 560 g/mol. The van der Waals surface area contributed by atoms with E-state index in [2.05, 4.69) is 6.92 Å². The Labute approximate surface area is 246 Å². The lowest BCUT2D eigenvalue weighted by molar-refractivity contribution is -0.324. The molecule has 2 aliphatic rings. The number of unbranched alkanes of at least 4 members (excludes halogenated alkanes) is 5. The third-order valence-corrected chi connectivity index (χ3v) is 6.79. The van der Waals surface area contributed by atoms with Crippen LogP contribution in [-0.2, 0) is 57.1 Å². The Balaban J connectivity index is 2.18. The minimum atomic E-state index is -1.50. The predicted molar refractivity (Wildman–Crippen MR) is 143 cm³/mol. The number of esters is 4. The van der Waals surface area contributed by atoms with E-state index in [0.717, 1.165) is 59.8 Å². The number of rotatable bonds is 16. The summed E-state index contributed by atoms with van der Waals surface area (Å²) in [6, 6.07) is 0. The number of aliphatic hydroxyl groups excluding tert-OH is 2. The van der Waals surface area contributed by atoms with Crippen LogP contribution >= 0.6 is 0 Å². The van der Waals surface area contributed by atoms with Crippen molar-refractivity contribution in [2.75, 3.05) is 13.2 Å². The molecule has 0 aliphatic carbocycles. The van der Waals surface area contributed by atoms with Gasteiger partial charge >= 0.3 is 23.9 Å². The van der Waals surface area contributed by atoms with Gasteiger partial charge in [-0.05, 0) is 13.3 Å². The van der Waals surface area contributed by atoms with E-state index in [1.807, 2.05) is 0 Å². The Morgan fingerprint density at radius 1 is 0.738 bits per heavy atom. The molecule has 2 rings (SSSR count). The number of hydrogen-bond donors (Lipinski definition) is 2. The first-order valence-corrected chi connectivity index (χ1v) is 14.4. The molecule has 0 aromatic carbocycles. The second-order valence-corrected chi connectivity index (χ2v) is 10.5. The van der Waals surface area contributed by atoms with Crippen molar-refractivity contribution in [3.05, 3.63) is 0 Å². The molecule has 1 unspecified atom stereocenters. The molecule has 0 radical (unpaired) electrons. The average molecular weight is 607 g/mol. The zero-order valence-corrected chi connectivity index (χ0v) is 25.2. The van der Waals surface area contributed by atoms with E-state index in [-0.39, 0.29) is 0 Å². The maximum Gasteiger partial charge on any atom is 0.303 e. The van der Waals surface area contributed by atoms with Gasteiger partial charge in [-0.15, -0.1) is 0 Å². The molecule has 0 spiro atoms. The van der Waals surface area contributed by atoms with Crippen molar-refractivity contribution < 1.29 is 67.3 Å². The van der Waals surface area contributed by atoms with Crippen molar-refractivity contribution in [2.45, 2.75) is 141 Å². The first-order valence-electron chi connectivity index (χ1n) is 14.4. The molecule has 0 amide bonds. The molecule has 2 saturated heterocycles. The summed E-state index contributed by atoms with van der Waals surface area (Å²) in [5, 5.41) is 21.7. The molecule has 0 bridgehead atoms. The molecule has 0 aromatic rings. The maximum absolute atomic E-state index is 12.0. The molecule has 14 nitrogen and oxygen atoms in total. The van der Waals surface area contributed by atoms with Crippen molar-refractivity contribution in [1.29, 1.82) is 0 Å². The van der Waals surface area contributed by atoms with E-state index in [1.54, 1.807) is 6.92 Å². The highest BCUT2D eigenvalue weighted by Crippen LogP contribution is 2.34. The number of hydrogen-bond acceptors (Lipinski definition) is 14. The summed E-state index contributed by atoms with van der Waals surface area (Å²) in [6.45, 7) is 8.13. The smallest absolute Gasteiger partial charge is 0.303 e. The van der Waals surface area contributed by atoms with Crippen LogP contribution in [0.4, 0.5) is 0 Å². The van der Waals surface area contributed by atoms with Gasteiger partial charge < -0.3 is 48.1 Å². The summed E-state index contributed by atoms with van der Waals surface area (Å²) >= 11 is 0. The van der Waals surface area contributed by atoms with Crippen LogP contribution in [0.3, 0.4) is 0 Å². The fraction of sp³-hybridized carbons (Fsp3) is 0.857. The molecule has 2 aliphatic heterocycles. The normalized spacial score (nSPS) is 31.7. The number of carbonyl (C=O) groups is 4. The van der Waals surface area contributed by atoms with E-state index in [1.165, 1.54) is 6.42 Å². The fourth-order valence-electron chi connectivity index (χ4n) is 4.88. The monoisotopic (exact) mass is 606 g/mol. The minimum absolute atomic E-state index is 0.338. The van der Waals surface area contributed by atoms with Crippen molar-refractivity contribution in [2.24, 2.45) is 0 Å². The van der Waals surface area contributed by atoms with Gasteiger partial charge in [-0.2, -0.15) is 0 Å². The van der Waals surface area contributed by atoms with E-state index in [9.17, 15) is 29.4 Å². The summed E-state index contributed by atoms with van der Waals surface area (Å²) in [6.07, 6.45) is -6.59. The van der Waals surface area contributed by atoms with Crippen molar-refractivity contribution in [1.82, 2.24) is 0 Å². The second-order valence-electron chi connectivity index (χ2n) is 10.5. The highest BCUT2D eigenvalue weighted by molar-refractivity contribution is 5.68. The van der Waals surface area contributed by atoms with Crippen molar-refractivity contribution in [3.63, 3.8) is 0 Å². The highest BCUT2D eigenvalue weighted by Gasteiger charge is 2.56. The van der Waals surface area contributed by atoms with Gasteiger partial charge in [-0.25, -0.2) is 0 Å². The van der Waals surface area contributed by atoms with E-state index in [0.29, 0.717) is 6.61 Å². The van der Waals surface area contributed by atoms with Gasteiger partial charge in [-0.1, -0.05) is 39.0 Å². The summed E-state index contributed by atoms with van der Waals surface area (Å²) in [4.78, 5) is 47.3. The van der Waals surface area contributed by atoms with Gasteiger partial charge in [0.25, 0.3) is 0 Å². The molecule has 242 valence electrons. The average Bonchev–Trinajstić information content (AvgIpc) is 3.21. The van der Waals surface area contributed by atoms with Gasteiger partial charge in [0.2, 0.25) is 0 Å². The van der Waals surface area contributed by atoms with Crippen LogP contribution < -0.4 is 0 Å². The Hall–Kier alpha value is -2.36. The largest absolute Gasteiger partial charge is 0.462 e. The van der Waals surface area contributed by atoms with Gasteiger partial charge in [0.1, 0.15) is 31.0 Å². The molecule has 0 saturated carbocycles. The Morgan fingerprint density at radius 3 is 1.95 bits per heavy atom. The second kappa shape index (κ2) is 17.7. The van der Waals surface area contributed by atoms with Crippen LogP contribution in [0.5, 0.6) is 0 Å². The molecular formula is C28H46O14. The lowest BCUT2D eigenvalue weighted by atomic mass is 9.99. The van der Waals surface area contributed by atoms with Crippen LogP contribution in [-0.4, -0.2) is 109 Å². The van der Waals surface area contributed by atoms with Crippen molar-refractivity contribution >= 4 is 23.9 Å². The summed E-state index contributed by atoms with van der Waals surface area (Å²) in [7, 11) is 0. The zero-order chi connectivity index (χ0) is 31.4. The Bertz CT molecular complexity index is 881. The van der Waals surface area contributed by atoms with Gasteiger partial charge in [0, 0.05) is 34.3 Å². The lowest BCUT2D eigenvalue weighted by Gasteiger charge is -2.42. The first-order chi connectivity index (χ1) is 19.8. The molecule has 2 fully saturated rings. The van der Waals surface area contributed by atoms with Crippen LogP contribution in [0.25, 0.3) is 0 Å². The Kier molecular flexibility index (Phi) is 15.1. The molecule has 2 N–H and O–H groups in total. The number of carbonyl (C=O) groups excluding carboxylic acids is 4. The maximum atomic E-state index is 12.0. The number of ether oxygens (including phenoxy) is 8. The first kappa shape index (κ1) is 35.8. The van der Waals surface area contributed by atoms with Crippen LogP contribution in [0, 0.1) is 0 Å². The molecule has 42 heavy (non-hydrogen) atoms. The van der Waals surface area contributed by atoms with Gasteiger partial charge in [0.05, 0.1) is 6.10 Å². The summed E-state index contributed by atoms with van der Waals surface area (Å²) < 4.78 is 44.5. The van der Waals surface area contributed by atoms with E-state index in [4.69, 9.17) is 37.9 Å². The quantitative estimate of drug-likeness (QED) is 0.146. The predicted octanol–water partition coefficient (Wildman–Crippen LogP) is 1.30. The van der Waals surface area contributed by atoms with E-state index < -0.39 is 91.9 Å². The SMILES string of the molecule is CCCCCCCCO[C@@H]1O[C@@H](C)[C@H](O[C@@H]2O[C@@H](C(COC(C)=O)OC(C)=O)[C@H](OC(C)=O)[C@H]2OC(C)=O)[C@@H](O)[C@H]1O. The third-order valence-electron chi connectivity index (χ3n) is 6.79. The fourth-order valence-corrected chi connectivity index (χ4v) is 4.88. The van der Waals surface area contributed by atoms with Crippen molar-refractivity contribution in [3.8, 4) is 0 Å². The molecule has 14 heteroatoms. The standard InChI is InChI=1S/C28H46O14/c1-7-8-9-10-11-12-13-35-27-22(34)21(33)23(15(2)37-27)41-28-26(40-19(6)32)25(39-18(5)31)24(42-28)20(38-17(4)30)14-36-16(3)29/h15,20-28,33-34H,7-14H2,1-6H3/t15-,20?,21-,22+,23-,24-,25-,26+,27+,28+/m0/s1. The zero-order valence-electron chi connectivity index (χ0n) is 25.2. The lowest BCUT2D eigenvalue weighted by Crippen LogP contribution is -2.59. The van der Waals surface area contributed by atoms with Gasteiger partial charge in [0.15, 0.2) is 30.9 Å². The topological polar surface area (TPSA) is 183 Å². The van der Waals surface area contributed by atoms with E-state index >= 15 is 0 Å². The summed E-state index contributed by atoms with van der Waals surface area (Å²) in [5.74, 6) is -2.95. The number of aliphatic hydroxyl groups is 2. The van der Waals surface area contributed by atoms with Crippen LogP contribution in [0.15, 0.2) is 0 Å². The minimum Gasteiger partial charge on any atom is -0.462 e. The van der Waals surface area contributed by atoms with Crippen LogP contribution in [0.2, 0.25) is 0 Å². The molecule has 2 heterocycles. The molecule has 0 aromatic heterocycles. The van der Waals surface area contributed by atoms with Crippen LogP contribution in [0.1, 0.15) is 80.1 Å². The Morgan fingerprint density at radius 2 is 1.36 bits per heavy atom. The third kappa shape index (κ3) is 11.0. The molecule has 10 atom stereocenters. The van der Waals surface area contributed by atoms with Gasteiger partial charge in [-0.3, -0.25) is 19.2 Å². The highest BCUT2D eigenvalue weighted by atomic mass is 16.8. The summed E-state index contributed by atoms with van der Waals surface area (Å²) in [5.41, 5.74) is 0.